The molecular formula is C31H34F2N2. The summed E-state index contributed by atoms with van der Waals surface area (Å²) >= 11 is 0. The Labute approximate surface area is 207 Å². The number of hydrogen-bond acceptors (Lipinski definition) is 2. The Morgan fingerprint density at radius 3 is 1.54 bits per heavy atom. The first-order chi connectivity index (χ1) is 16.7. The molecule has 2 nitrogen and oxygen atoms in total. The van der Waals surface area contributed by atoms with E-state index in [0.29, 0.717) is 6.42 Å². The molecule has 0 fully saturated rings. The van der Waals surface area contributed by atoms with Gasteiger partial charge in [0.1, 0.15) is 11.6 Å². The number of rotatable bonds is 7. The molecule has 0 amide bonds. The van der Waals surface area contributed by atoms with Crippen LogP contribution in [-0.4, -0.2) is 0 Å². The third-order valence-electron chi connectivity index (χ3n) is 6.33. The van der Waals surface area contributed by atoms with E-state index in [2.05, 4.69) is 55.5 Å². The monoisotopic (exact) mass is 472 g/mol. The second kappa shape index (κ2) is 11.9. The van der Waals surface area contributed by atoms with Crippen molar-refractivity contribution in [3.8, 4) is 0 Å². The lowest BCUT2D eigenvalue weighted by Gasteiger charge is -2.29. The first kappa shape index (κ1) is 26.3. The molecule has 0 saturated carbocycles. The molecule has 0 aliphatic heterocycles. The predicted molar refractivity (Wildman–Crippen MR) is 141 cm³/mol. The fourth-order valence-electron chi connectivity index (χ4n) is 4.12. The number of nitrogens with two attached hydrogens (primary N) is 2. The average Bonchev–Trinajstić information content (AvgIpc) is 2.87. The number of halogens is 2. The lowest BCUT2D eigenvalue weighted by molar-refractivity contribution is 0.425. The van der Waals surface area contributed by atoms with E-state index in [9.17, 15) is 8.78 Å². The van der Waals surface area contributed by atoms with E-state index in [1.807, 2.05) is 19.1 Å². The molecule has 0 spiro atoms. The Kier molecular flexibility index (Phi) is 8.91. The van der Waals surface area contributed by atoms with E-state index in [1.54, 1.807) is 24.3 Å². The second-order valence-corrected chi connectivity index (χ2v) is 9.27. The van der Waals surface area contributed by atoms with Crippen LogP contribution in [0, 0.1) is 11.6 Å². The normalized spacial score (nSPS) is 14.2. The van der Waals surface area contributed by atoms with Crippen molar-refractivity contribution in [1.29, 1.82) is 0 Å². The van der Waals surface area contributed by atoms with Gasteiger partial charge >= 0.3 is 0 Å². The standard InChI is InChI=1S/C16H19N.C15H15F2N/c1-2-16(17,15-11-7-4-8-12-15)13-14-9-5-3-6-10-14;1-15(18,12-4-8-14(17)9-5-12)10-11-2-6-13(16)7-3-11/h3-12H,2,13,17H2,1H3;2-9H,10,18H2,1H3. The van der Waals surface area contributed by atoms with Crippen LogP contribution in [0.5, 0.6) is 0 Å². The predicted octanol–water partition coefficient (Wildman–Crippen LogP) is 6.87. The maximum Gasteiger partial charge on any atom is 0.123 e. The van der Waals surface area contributed by atoms with Crippen LogP contribution in [0.3, 0.4) is 0 Å². The highest BCUT2D eigenvalue weighted by molar-refractivity contribution is 5.29. The van der Waals surface area contributed by atoms with Crippen LogP contribution in [-0.2, 0) is 23.9 Å². The third kappa shape index (κ3) is 7.57. The summed E-state index contributed by atoms with van der Waals surface area (Å²) in [4.78, 5) is 0. The quantitative estimate of drug-likeness (QED) is 0.308. The maximum atomic E-state index is 12.9. The first-order valence-electron chi connectivity index (χ1n) is 11.9. The van der Waals surface area contributed by atoms with Crippen molar-refractivity contribution in [2.75, 3.05) is 0 Å². The molecule has 0 aliphatic rings. The van der Waals surface area contributed by atoms with Gasteiger partial charge in [-0.15, -0.1) is 0 Å². The molecule has 4 aromatic carbocycles. The van der Waals surface area contributed by atoms with E-state index in [4.69, 9.17) is 11.5 Å². The smallest absolute Gasteiger partial charge is 0.123 e. The van der Waals surface area contributed by atoms with Crippen LogP contribution in [0.25, 0.3) is 0 Å². The molecule has 4 heteroatoms. The summed E-state index contributed by atoms with van der Waals surface area (Å²) in [6.07, 6.45) is 2.39. The molecule has 0 aliphatic carbocycles. The summed E-state index contributed by atoms with van der Waals surface area (Å²) in [6, 6.07) is 33.2. The summed E-state index contributed by atoms with van der Waals surface area (Å²) < 4.78 is 25.7. The number of hydrogen-bond donors (Lipinski definition) is 2. The molecule has 2 unspecified atom stereocenters. The highest BCUT2D eigenvalue weighted by Crippen LogP contribution is 2.26. The molecule has 0 bridgehead atoms. The van der Waals surface area contributed by atoms with E-state index >= 15 is 0 Å². The van der Waals surface area contributed by atoms with Gasteiger partial charge in [0.2, 0.25) is 0 Å². The molecule has 0 radical (unpaired) electrons. The summed E-state index contributed by atoms with van der Waals surface area (Å²) in [7, 11) is 0. The van der Waals surface area contributed by atoms with Gasteiger partial charge in [-0.3, -0.25) is 0 Å². The minimum atomic E-state index is -0.606. The van der Waals surface area contributed by atoms with Gasteiger partial charge in [-0.05, 0) is 72.7 Å². The van der Waals surface area contributed by atoms with Crippen molar-refractivity contribution < 1.29 is 8.78 Å². The van der Waals surface area contributed by atoms with Crippen molar-refractivity contribution in [2.45, 2.75) is 44.2 Å². The summed E-state index contributed by atoms with van der Waals surface area (Å²) in [5.41, 5.74) is 16.2. The zero-order valence-electron chi connectivity index (χ0n) is 20.4. The van der Waals surface area contributed by atoms with Crippen molar-refractivity contribution in [1.82, 2.24) is 0 Å². The lowest BCUT2D eigenvalue weighted by atomic mass is 9.83. The fraction of sp³-hybridized carbons (Fsp3) is 0.226. The highest BCUT2D eigenvalue weighted by atomic mass is 19.1. The Morgan fingerprint density at radius 1 is 0.571 bits per heavy atom. The Hall–Kier alpha value is -3.34. The van der Waals surface area contributed by atoms with Gasteiger partial charge in [0.15, 0.2) is 0 Å². The van der Waals surface area contributed by atoms with Crippen LogP contribution in [0.1, 0.15) is 42.5 Å². The van der Waals surface area contributed by atoms with E-state index < -0.39 is 5.54 Å². The SMILES string of the molecule is CC(N)(Cc1ccc(F)cc1)c1ccc(F)cc1.CCC(N)(Cc1ccccc1)c1ccccc1. The van der Waals surface area contributed by atoms with Crippen molar-refractivity contribution in [3.05, 3.63) is 143 Å². The van der Waals surface area contributed by atoms with Crippen LogP contribution < -0.4 is 11.5 Å². The largest absolute Gasteiger partial charge is 0.321 e. The highest BCUT2D eigenvalue weighted by Gasteiger charge is 2.25. The maximum absolute atomic E-state index is 12.9. The van der Waals surface area contributed by atoms with Gasteiger partial charge in [-0.25, -0.2) is 8.78 Å². The number of benzene rings is 4. The minimum Gasteiger partial charge on any atom is -0.321 e. The van der Waals surface area contributed by atoms with Crippen molar-refractivity contribution >= 4 is 0 Å². The van der Waals surface area contributed by atoms with Crippen LogP contribution in [0.2, 0.25) is 0 Å². The third-order valence-corrected chi connectivity index (χ3v) is 6.33. The molecule has 4 N–H and O–H groups in total. The van der Waals surface area contributed by atoms with Gasteiger partial charge in [0, 0.05) is 11.1 Å². The van der Waals surface area contributed by atoms with E-state index in [1.165, 1.54) is 35.4 Å². The average molecular weight is 473 g/mol. The summed E-state index contributed by atoms with van der Waals surface area (Å²) in [5.74, 6) is -0.546. The van der Waals surface area contributed by atoms with Gasteiger partial charge in [-0.1, -0.05) is 91.9 Å². The van der Waals surface area contributed by atoms with Gasteiger partial charge in [0.05, 0.1) is 0 Å². The molecule has 4 aromatic rings. The summed E-state index contributed by atoms with van der Waals surface area (Å²) in [6.45, 7) is 4.03. The Balaban J connectivity index is 0.000000196. The van der Waals surface area contributed by atoms with Crippen LogP contribution >= 0.6 is 0 Å². The molecular weight excluding hydrogens is 438 g/mol. The topological polar surface area (TPSA) is 52.0 Å². The zero-order valence-corrected chi connectivity index (χ0v) is 20.4. The molecule has 0 heterocycles. The van der Waals surface area contributed by atoms with Gasteiger partial charge in [-0.2, -0.15) is 0 Å². The molecule has 35 heavy (non-hydrogen) atoms. The van der Waals surface area contributed by atoms with Crippen molar-refractivity contribution in [2.24, 2.45) is 11.5 Å². The van der Waals surface area contributed by atoms with E-state index in [-0.39, 0.29) is 17.2 Å². The van der Waals surface area contributed by atoms with Crippen molar-refractivity contribution in [3.63, 3.8) is 0 Å². The fourth-order valence-corrected chi connectivity index (χ4v) is 4.12. The van der Waals surface area contributed by atoms with Gasteiger partial charge < -0.3 is 11.5 Å². The molecule has 182 valence electrons. The molecule has 4 rings (SSSR count). The molecule has 0 saturated heterocycles. The Bertz CT molecular complexity index is 1160. The first-order valence-corrected chi connectivity index (χ1v) is 11.9. The van der Waals surface area contributed by atoms with Crippen LogP contribution in [0.4, 0.5) is 8.78 Å². The lowest BCUT2D eigenvalue weighted by Crippen LogP contribution is -2.38. The second-order valence-electron chi connectivity index (χ2n) is 9.27. The Morgan fingerprint density at radius 2 is 1.03 bits per heavy atom. The minimum absolute atomic E-state index is 0.261. The molecule has 2 atom stereocenters. The van der Waals surface area contributed by atoms with E-state index in [0.717, 1.165) is 24.0 Å². The molecule has 0 aromatic heterocycles. The van der Waals surface area contributed by atoms with Crippen LogP contribution in [0.15, 0.2) is 109 Å². The zero-order chi connectivity index (χ0) is 25.3. The van der Waals surface area contributed by atoms with Gasteiger partial charge in [0.25, 0.3) is 0 Å². The summed E-state index contributed by atoms with van der Waals surface area (Å²) in [5, 5.41) is 0.